The highest BCUT2D eigenvalue weighted by Crippen LogP contribution is 2.24. The summed E-state index contributed by atoms with van der Waals surface area (Å²) in [5.74, 6) is 0.224. The standard InChI is InChI=1S/C16H25N5O3/c1-16(2,3)21(15(23)24)10-11-5-8-20(9-6-11)14-18-7-4-12(19-14)13(17)22/h4,7,11H,5-6,8-10H2,1-3H3,(H2,17,22)(H,23,24). The van der Waals surface area contributed by atoms with Crippen LogP contribution >= 0.6 is 0 Å². The van der Waals surface area contributed by atoms with E-state index in [0.717, 1.165) is 25.9 Å². The Bertz CT molecular complexity index is 606. The smallest absolute Gasteiger partial charge is 0.407 e. The molecule has 0 atom stereocenters. The molecule has 2 rings (SSSR count). The van der Waals surface area contributed by atoms with Crippen molar-refractivity contribution in [2.24, 2.45) is 11.7 Å². The number of primary amides is 1. The molecule has 2 heterocycles. The Balaban J connectivity index is 1.97. The lowest BCUT2D eigenvalue weighted by Gasteiger charge is -2.39. The molecule has 1 aliphatic heterocycles. The molecule has 0 aliphatic carbocycles. The van der Waals surface area contributed by atoms with Crippen molar-refractivity contribution in [3.05, 3.63) is 18.0 Å². The van der Waals surface area contributed by atoms with Gasteiger partial charge in [-0.2, -0.15) is 0 Å². The molecule has 0 unspecified atom stereocenters. The van der Waals surface area contributed by atoms with Crippen LogP contribution in [0, 0.1) is 5.92 Å². The molecular formula is C16H25N5O3. The highest BCUT2D eigenvalue weighted by Gasteiger charge is 2.30. The minimum absolute atomic E-state index is 0.201. The first-order valence-electron chi connectivity index (χ1n) is 8.07. The largest absolute Gasteiger partial charge is 0.465 e. The molecule has 0 bridgehead atoms. The molecule has 1 aliphatic rings. The zero-order valence-corrected chi connectivity index (χ0v) is 14.4. The fourth-order valence-electron chi connectivity index (χ4n) is 2.85. The molecule has 1 fully saturated rings. The molecule has 0 radical (unpaired) electrons. The Labute approximate surface area is 141 Å². The van der Waals surface area contributed by atoms with Crippen LogP contribution in [0.2, 0.25) is 0 Å². The number of hydrogen-bond acceptors (Lipinski definition) is 5. The Morgan fingerprint density at radius 3 is 2.50 bits per heavy atom. The van der Waals surface area contributed by atoms with Gasteiger partial charge in [-0.3, -0.25) is 4.79 Å². The summed E-state index contributed by atoms with van der Waals surface area (Å²) in [5.41, 5.74) is 5.04. The van der Waals surface area contributed by atoms with Gasteiger partial charge < -0.3 is 20.6 Å². The van der Waals surface area contributed by atoms with Gasteiger partial charge in [-0.05, 0) is 45.6 Å². The van der Waals surface area contributed by atoms with E-state index in [1.807, 2.05) is 25.7 Å². The van der Waals surface area contributed by atoms with Crippen LogP contribution in [0.5, 0.6) is 0 Å². The molecule has 0 aromatic carbocycles. The topological polar surface area (TPSA) is 113 Å². The number of carboxylic acid groups (broad SMARTS) is 1. The van der Waals surface area contributed by atoms with E-state index in [-0.39, 0.29) is 5.69 Å². The molecule has 1 saturated heterocycles. The Hall–Kier alpha value is -2.38. The summed E-state index contributed by atoms with van der Waals surface area (Å²) in [5, 5.41) is 9.40. The maximum Gasteiger partial charge on any atom is 0.407 e. The van der Waals surface area contributed by atoms with E-state index in [1.165, 1.54) is 17.2 Å². The van der Waals surface area contributed by atoms with E-state index < -0.39 is 17.5 Å². The molecule has 1 aromatic rings. The van der Waals surface area contributed by atoms with E-state index in [0.29, 0.717) is 18.4 Å². The van der Waals surface area contributed by atoms with Crippen LogP contribution in [0.15, 0.2) is 12.3 Å². The van der Waals surface area contributed by atoms with E-state index >= 15 is 0 Å². The van der Waals surface area contributed by atoms with E-state index in [1.54, 1.807) is 0 Å². The maximum absolute atomic E-state index is 11.5. The Kier molecular flexibility index (Phi) is 5.26. The summed E-state index contributed by atoms with van der Waals surface area (Å²) in [7, 11) is 0. The van der Waals surface area contributed by atoms with Gasteiger partial charge in [0.15, 0.2) is 0 Å². The van der Waals surface area contributed by atoms with E-state index in [4.69, 9.17) is 5.73 Å². The first-order valence-corrected chi connectivity index (χ1v) is 8.07. The second-order valence-electron chi connectivity index (χ2n) is 7.10. The molecule has 0 saturated carbocycles. The quantitative estimate of drug-likeness (QED) is 0.863. The van der Waals surface area contributed by atoms with Crippen molar-refractivity contribution in [3.63, 3.8) is 0 Å². The van der Waals surface area contributed by atoms with Gasteiger partial charge in [-0.15, -0.1) is 0 Å². The van der Waals surface area contributed by atoms with Crippen LogP contribution in [0.1, 0.15) is 44.1 Å². The predicted octanol–water partition coefficient (Wildman–Crippen LogP) is 1.57. The van der Waals surface area contributed by atoms with E-state index in [9.17, 15) is 14.7 Å². The number of carbonyl (C=O) groups excluding carboxylic acids is 1. The second-order valence-corrected chi connectivity index (χ2v) is 7.10. The molecule has 8 heteroatoms. The minimum atomic E-state index is -0.887. The van der Waals surface area contributed by atoms with Crippen molar-refractivity contribution in [2.45, 2.75) is 39.2 Å². The molecule has 132 valence electrons. The maximum atomic E-state index is 11.5. The molecule has 2 amide bonds. The molecule has 0 spiro atoms. The number of nitrogens with zero attached hydrogens (tertiary/aromatic N) is 4. The fraction of sp³-hybridized carbons (Fsp3) is 0.625. The predicted molar refractivity (Wildman–Crippen MR) is 90.0 cm³/mol. The normalized spacial score (nSPS) is 16.0. The number of hydrogen-bond donors (Lipinski definition) is 2. The van der Waals surface area contributed by atoms with Crippen LogP contribution < -0.4 is 10.6 Å². The first kappa shape index (κ1) is 18.0. The van der Waals surface area contributed by atoms with Crippen LogP contribution in [-0.4, -0.2) is 57.1 Å². The van der Waals surface area contributed by atoms with Crippen molar-refractivity contribution < 1.29 is 14.7 Å². The summed E-state index contributed by atoms with van der Waals surface area (Å²) in [6.45, 7) is 7.68. The monoisotopic (exact) mass is 335 g/mol. The third-order valence-corrected chi connectivity index (χ3v) is 4.27. The van der Waals surface area contributed by atoms with E-state index in [2.05, 4.69) is 9.97 Å². The number of aromatic nitrogens is 2. The Morgan fingerprint density at radius 2 is 2.00 bits per heavy atom. The van der Waals surface area contributed by atoms with Gasteiger partial charge in [0.05, 0.1) is 0 Å². The highest BCUT2D eigenvalue weighted by molar-refractivity contribution is 5.90. The minimum Gasteiger partial charge on any atom is -0.465 e. The summed E-state index contributed by atoms with van der Waals surface area (Å²) in [6, 6.07) is 1.49. The van der Waals surface area contributed by atoms with Crippen molar-refractivity contribution in [1.29, 1.82) is 0 Å². The number of carbonyl (C=O) groups is 2. The number of piperidine rings is 1. The zero-order valence-electron chi connectivity index (χ0n) is 14.4. The van der Waals surface area contributed by atoms with Crippen molar-refractivity contribution in [3.8, 4) is 0 Å². The van der Waals surface area contributed by atoms with Gasteiger partial charge in [0, 0.05) is 31.4 Å². The summed E-state index contributed by atoms with van der Waals surface area (Å²) >= 11 is 0. The van der Waals surface area contributed by atoms with Gasteiger partial charge in [0.25, 0.3) is 5.91 Å². The average Bonchev–Trinajstić information content (AvgIpc) is 2.52. The lowest BCUT2D eigenvalue weighted by atomic mass is 9.94. The fourth-order valence-corrected chi connectivity index (χ4v) is 2.85. The average molecular weight is 335 g/mol. The van der Waals surface area contributed by atoms with Crippen molar-refractivity contribution in [2.75, 3.05) is 24.5 Å². The van der Waals surface area contributed by atoms with Gasteiger partial charge in [-0.25, -0.2) is 14.8 Å². The highest BCUT2D eigenvalue weighted by atomic mass is 16.4. The summed E-state index contributed by atoms with van der Waals surface area (Å²) < 4.78 is 0. The number of nitrogens with two attached hydrogens (primary N) is 1. The molecule has 24 heavy (non-hydrogen) atoms. The Morgan fingerprint density at radius 1 is 1.38 bits per heavy atom. The summed E-state index contributed by atoms with van der Waals surface area (Å²) in [6.07, 6.45) is 2.34. The number of anilines is 1. The van der Waals surface area contributed by atoms with Crippen LogP contribution in [0.3, 0.4) is 0 Å². The van der Waals surface area contributed by atoms with Crippen LogP contribution in [-0.2, 0) is 0 Å². The lowest BCUT2D eigenvalue weighted by Crippen LogP contribution is -2.49. The summed E-state index contributed by atoms with van der Waals surface area (Å²) in [4.78, 5) is 34.6. The SMILES string of the molecule is CC(C)(C)N(CC1CCN(c2nccc(C(N)=O)n2)CC1)C(=O)O. The van der Waals surface area contributed by atoms with Crippen molar-refractivity contribution in [1.82, 2.24) is 14.9 Å². The van der Waals surface area contributed by atoms with Gasteiger partial charge in [-0.1, -0.05) is 0 Å². The van der Waals surface area contributed by atoms with Gasteiger partial charge in [0.1, 0.15) is 5.69 Å². The van der Waals surface area contributed by atoms with Crippen LogP contribution in [0.4, 0.5) is 10.7 Å². The molecular weight excluding hydrogens is 310 g/mol. The lowest BCUT2D eigenvalue weighted by molar-refractivity contribution is 0.0851. The van der Waals surface area contributed by atoms with Crippen LogP contribution in [0.25, 0.3) is 0 Å². The third-order valence-electron chi connectivity index (χ3n) is 4.27. The van der Waals surface area contributed by atoms with Gasteiger partial charge in [0.2, 0.25) is 5.95 Å². The zero-order chi connectivity index (χ0) is 17.9. The molecule has 8 nitrogen and oxygen atoms in total. The second kappa shape index (κ2) is 7.02. The number of rotatable bonds is 4. The third kappa shape index (κ3) is 4.33. The molecule has 3 N–H and O–H groups in total. The van der Waals surface area contributed by atoms with Gasteiger partial charge >= 0.3 is 6.09 Å². The molecule has 1 aromatic heterocycles. The number of amides is 2. The first-order chi connectivity index (χ1) is 11.2. The van der Waals surface area contributed by atoms with Crippen molar-refractivity contribution >= 4 is 17.9 Å².